The lowest BCUT2D eigenvalue weighted by molar-refractivity contribution is 0.378. The van der Waals surface area contributed by atoms with Gasteiger partial charge in [-0.25, -0.2) is 4.98 Å². The maximum Gasteiger partial charge on any atom is 0.136 e. The smallest absolute Gasteiger partial charge is 0.136 e. The van der Waals surface area contributed by atoms with Gasteiger partial charge in [-0.15, -0.1) is 0 Å². The highest BCUT2D eigenvalue weighted by Gasteiger charge is 2.24. The molecule has 0 bridgehead atoms. The molecule has 19 heavy (non-hydrogen) atoms. The molecule has 1 saturated heterocycles. The fraction of sp³-hybridized carbons (Fsp3) is 0.400. The average Bonchev–Trinajstić information content (AvgIpc) is 2.42. The molecule has 1 fully saturated rings. The molecule has 2 unspecified atom stereocenters. The number of rotatable bonds is 1. The topological polar surface area (TPSA) is 42.2 Å². The Morgan fingerprint density at radius 3 is 2.95 bits per heavy atom. The molecule has 4 heteroatoms. The van der Waals surface area contributed by atoms with Crippen molar-refractivity contribution in [2.24, 2.45) is 11.7 Å². The van der Waals surface area contributed by atoms with Crippen LogP contribution in [0.15, 0.2) is 34.9 Å². The summed E-state index contributed by atoms with van der Waals surface area (Å²) >= 11 is 3.61. The Morgan fingerprint density at radius 2 is 2.16 bits per heavy atom. The Balaban J connectivity index is 2.04. The van der Waals surface area contributed by atoms with Gasteiger partial charge in [0.25, 0.3) is 0 Å². The number of benzene rings is 1. The van der Waals surface area contributed by atoms with E-state index in [9.17, 15) is 0 Å². The predicted molar refractivity (Wildman–Crippen MR) is 83.4 cm³/mol. The first-order valence-electron chi connectivity index (χ1n) is 6.70. The molecule has 0 aliphatic carbocycles. The highest BCUT2D eigenvalue weighted by molar-refractivity contribution is 9.10. The largest absolute Gasteiger partial charge is 0.355 e. The Hall–Kier alpha value is -1.13. The Labute approximate surface area is 121 Å². The number of nitrogens with two attached hydrogens (primary N) is 1. The lowest BCUT2D eigenvalue weighted by Gasteiger charge is -2.36. The molecule has 2 N–H and O–H groups in total. The SMILES string of the molecule is CC1CCN(c2nccc3c(Br)cccc23)CC1N. The van der Waals surface area contributed by atoms with Gasteiger partial charge in [0.2, 0.25) is 0 Å². The molecule has 100 valence electrons. The lowest BCUT2D eigenvalue weighted by atomic mass is 9.94. The fourth-order valence-electron chi connectivity index (χ4n) is 2.70. The number of fused-ring (bicyclic) bond motifs is 1. The molecule has 3 nitrogen and oxygen atoms in total. The minimum atomic E-state index is 0.234. The van der Waals surface area contributed by atoms with Crippen LogP contribution in [-0.4, -0.2) is 24.1 Å². The fourth-order valence-corrected chi connectivity index (χ4v) is 3.20. The van der Waals surface area contributed by atoms with Crippen LogP contribution in [0.2, 0.25) is 0 Å². The van der Waals surface area contributed by atoms with Crippen molar-refractivity contribution < 1.29 is 0 Å². The highest BCUT2D eigenvalue weighted by Crippen LogP contribution is 2.31. The standard InChI is InChI=1S/C15H18BrN3/c1-10-6-8-19(9-14(10)17)15-12-3-2-4-13(16)11(12)5-7-18-15/h2-5,7,10,14H,6,8-9,17H2,1H3. The minimum Gasteiger partial charge on any atom is -0.355 e. The average molecular weight is 320 g/mol. The van der Waals surface area contributed by atoms with Crippen LogP contribution in [0.25, 0.3) is 10.8 Å². The molecule has 2 heterocycles. The molecule has 3 rings (SSSR count). The molecule has 0 radical (unpaired) electrons. The summed E-state index contributed by atoms with van der Waals surface area (Å²) in [5.41, 5.74) is 6.20. The third kappa shape index (κ3) is 2.35. The van der Waals surface area contributed by atoms with Crippen LogP contribution in [0.4, 0.5) is 5.82 Å². The first kappa shape index (κ1) is 12.9. The molecule has 1 aromatic heterocycles. The summed E-state index contributed by atoms with van der Waals surface area (Å²) in [6.45, 7) is 4.16. The first-order valence-corrected chi connectivity index (χ1v) is 7.50. The van der Waals surface area contributed by atoms with Gasteiger partial charge in [-0.05, 0) is 24.5 Å². The molecule has 2 atom stereocenters. The van der Waals surface area contributed by atoms with E-state index in [0.29, 0.717) is 5.92 Å². The van der Waals surface area contributed by atoms with E-state index in [2.05, 4.69) is 57.0 Å². The van der Waals surface area contributed by atoms with Crippen molar-refractivity contribution in [2.45, 2.75) is 19.4 Å². The van der Waals surface area contributed by atoms with E-state index in [1.54, 1.807) is 0 Å². The molecule has 1 aliphatic rings. The van der Waals surface area contributed by atoms with Crippen LogP contribution in [0.3, 0.4) is 0 Å². The van der Waals surface area contributed by atoms with Crippen LogP contribution in [0.1, 0.15) is 13.3 Å². The Morgan fingerprint density at radius 1 is 1.32 bits per heavy atom. The molecule has 1 aliphatic heterocycles. The lowest BCUT2D eigenvalue weighted by Crippen LogP contribution is -2.47. The van der Waals surface area contributed by atoms with Crippen molar-refractivity contribution in [3.63, 3.8) is 0 Å². The summed E-state index contributed by atoms with van der Waals surface area (Å²) in [5, 5.41) is 2.40. The monoisotopic (exact) mass is 319 g/mol. The second kappa shape index (κ2) is 5.10. The van der Waals surface area contributed by atoms with Gasteiger partial charge >= 0.3 is 0 Å². The maximum atomic E-state index is 6.20. The molecule has 0 amide bonds. The van der Waals surface area contributed by atoms with Crippen molar-refractivity contribution >= 4 is 32.5 Å². The third-order valence-electron chi connectivity index (χ3n) is 4.05. The number of aromatic nitrogens is 1. The van der Waals surface area contributed by atoms with Gasteiger partial charge in [-0.1, -0.05) is 35.0 Å². The normalized spacial score (nSPS) is 23.8. The van der Waals surface area contributed by atoms with Crippen molar-refractivity contribution in [2.75, 3.05) is 18.0 Å². The van der Waals surface area contributed by atoms with Gasteiger partial charge in [-0.3, -0.25) is 0 Å². The van der Waals surface area contributed by atoms with Crippen LogP contribution >= 0.6 is 15.9 Å². The van der Waals surface area contributed by atoms with Crippen molar-refractivity contribution in [1.82, 2.24) is 4.98 Å². The van der Waals surface area contributed by atoms with Crippen LogP contribution in [-0.2, 0) is 0 Å². The third-order valence-corrected chi connectivity index (χ3v) is 4.74. The molecule has 0 spiro atoms. The van der Waals surface area contributed by atoms with E-state index < -0.39 is 0 Å². The van der Waals surface area contributed by atoms with Gasteiger partial charge in [0.05, 0.1) is 0 Å². The molecule has 2 aromatic rings. The van der Waals surface area contributed by atoms with Crippen LogP contribution in [0.5, 0.6) is 0 Å². The second-order valence-corrected chi connectivity index (χ2v) is 6.20. The first-order chi connectivity index (χ1) is 9.16. The zero-order valence-electron chi connectivity index (χ0n) is 11.0. The molecular formula is C15H18BrN3. The number of pyridine rings is 1. The van der Waals surface area contributed by atoms with E-state index in [1.807, 2.05) is 6.20 Å². The zero-order valence-corrected chi connectivity index (χ0v) is 12.6. The van der Waals surface area contributed by atoms with E-state index in [1.165, 1.54) is 10.8 Å². The van der Waals surface area contributed by atoms with E-state index >= 15 is 0 Å². The van der Waals surface area contributed by atoms with Gasteiger partial charge < -0.3 is 10.6 Å². The highest BCUT2D eigenvalue weighted by atomic mass is 79.9. The Kier molecular flexibility index (Phi) is 3.46. The molecule has 0 saturated carbocycles. The number of hydrogen-bond donors (Lipinski definition) is 1. The van der Waals surface area contributed by atoms with Crippen LogP contribution < -0.4 is 10.6 Å². The number of halogens is 1. The van der Waals surface area contributed by atoms with E-state index in [-0.39, 0.29) is 6.04 Å². The number of piperidine rings is 1. The summed E-state index contributed by atoms with van der Waals surface area (Å²) < 4.78 is 1.11. The number of nitrogens with zero attached hydrogens (tertiary/aromatic N) is 2. The zero-order chi connectivity index (χ0) is 13.4. The minimum absolute atomic E-state index is 0.234. The van der Waals surface area contributed by atoms with Crippen molar-refractivity contribution in [1.29, 1.82) is 0 Å². The second-order valence-electron chi connectivity index (χ2n) is 5.35. The summed E-state index contributed by atoms with van der Waals surface area (Å²) in [7, 11) is 0. The summed E-state index contributed by atoms with van der Waals surface area (Å²) in [6.07, 6.45) is 3.01. The van der Waals surface area contributed by atoms with Gasteiger partial charge in [-0.2, -0.15) is 0 Å². The predicted octanol–water partition coefficient (Wildman–Crippen LogP) is 3.17. The van der Waals surface area contributed by atoms with Crippen molar-refractivity contribution in [3.05, 3.63) is 34.9 Å². The van der Waals surface area contributed by atoms with Gasteiger partial charge in [0.15, 0.2) is 0 Å². The van der Waals surface area contributed by atoms with Crippen molar-refractivity contribution in [3.8, 4) is 0 Å². The number of anilines is 1. The van der Waals surface area contributed by atoms with E-state index in [4.69, 9.17) is 5.73 Å². The summed E-state index contributed by atoms with van der Waals surface area (Å²) in [4.78, 5) is 6.90. The maximum absolute atomic E-state index is 6.20. The van der Waals surface area contributed by atoms with E-state index in [0.717, 1.165) is 29.8 Å². The summed E-state index contributed by atoms with van der Waals surface area (Å²) in [6, 6.07) is 8.54. The van der Waals surface area contributed by atoms with Gasteiger partial charge in [0, 0.05) is 40.6 Å². The quantitative estimate of drug-likeness (QED) is 0.877. The molecule has 1 aromatic carbocycles. The van der Waals surface area contributed by atoms with Gasteiger partial charge in [0.1, 0.15) is 5.82 Å². The Bertz CT molecular complexity index is 599. The summed E-state index contributed by atoms with van der Waals surface area (Å²) in [5.74, 6) is 1.65. The number of hydrogen-bond acceptors (Lipinski definition) is 3. The molecular weight excluding hydrogens is 302 g/mol. The van der Waals surface area contributed by atoms with Crippen LogP contribution in [0, 0.1) is 5.92 Å².